The van der Waals surface area contributed by atoms with E-state index in [-0.39, 0.29) is 0 Å². The Bertz CT molecular complexity index is 1100. The molecule has 3 aromatic rings. The Morgan fingerprint density at radius 1 is 1.07 bits per heavy atom. The molecule has 0 N–H and O–H groups in total. The molecule has 3 rings (SSSR count). The summed E-state index contributed by atoms with van der Waals surface area (Å²) in [6.07, 6.45) is 6.30. The van der Waals surface area contributed by atoms with Gasteiger partial charge in [0.25, 0.3) is 0 Å². The first-order valence-electron chi connectivity index (χ1n) is 9.68. The van der Waals surface area contributed by atoms with Gasteiger partial charge in [-0.15, -0.1) is 0 Å². The van der Waals surface area contributed by atoms with Gasteiger partial charge >= 0.3 is 5.63 Å². The van der Waals surface area contributed by atoms with E-state index in [0.29, 0.717) is 23.0 Å². The molecule has 150 valence electrons. The van der Waals surface area contributed by atoms with E-state index in [0.717, 1.165) is 29.4 Å². The summed E-state index contributed by atoms with van der Waals surface area (Å²) in [5.74, 6) is 0.501. The second-order valence-electron chi connectivity index (χ2n) is 7.31. The molecule has 0 saturated carbocycles. The monoisotopic (exact) mass is 408 g/mol. The van der Waals surface area contributed by atoms with Gasteiger partial charge in [0.2, 0.25) is 0 Å². The van der Waals surface area contributed by atoms with Crippen molar-refractivity contribution in [3.63, 3.8) is 0 Å². The fourth-order valence-corrected chi connectivity index (χ4v) is 3.31. The van der Waals surface area contributed by atoms with Crippen molar-refractivity contribution in [1.82, 2.24) is 0 Å². The number of ether oxygens (including phenoxy) is 1. The molecule has 0 atom stereocenters. The van der Waals surface area contributed by atoms with Gasteiger partial charge in [-0.25, -0.2) is 4.79 Å². The topological polar surface area (TPSA) is 39.4 Å². The molecule has 1 aromatic heterocycles. The van der Waals surface area contributed by atoms with Crippen LogP contribution in [-0.2, 0) is 0 Å². The Labute approximate surface area is 176 Å². The van der Waals surface area contributed by atoms with Gasteiger partial charge in [-0.3, -0.25) is 0 Å². The van der Waals surface area contributed by atoms with Crippen molar-refractivity contribution in [3.05, 3.63) is 87.3 Å². The second-order valence-corrected chi connectivity index (χ2v) is 7.71. The predicted octanol–water partition coefficient (Wildman–Crippen LogP) is 7.18. The molecule has 0 fully saturated rings. The number of benzene rings is 2. The Hall–Kier alpha value is -2.78. The number of hydrogen-bond acceptors (Lipinski definition) is 3. The average molecular weight is 409 g/mol. The molecule has 0 aliphatic rings. The standard InChI is InChI=1S/C25H25ClO3/c1-17(2)8-7-9-18(3)12-13-28-24-16-23-21(14-22(24)26)20(15-25(27)29-23)19-10-5-4-6-11-19/h4-6,8,10-12,14-16H,7,9,13H2,1-3H3/b18-12-. The highest BCUT2D eigenvalue weighted by molar-refractivity contribution is 6.33. The molecular formula is C25H25ClO3. The maximum absolute atomic E-state index is 12.1. The molecular weight excluding hydrogens is 384 g/mol. The molecule has 0 bridgehead atoms. The zero-order chi connectivity index (χ0) is 20.8. The van der Waals surface area contributed by atoms with E-state index >= 15 is 0 Å². The molecule has 0 saturated heterocycles. The van der Waals surface area contributed by atoms with Crippen LogP contribution in [-0.4, -0.2) is 6.61 Å². The van der Waals surface area contributed by atoms with Gasteiger partial charge in [0.15, 0.2) is 0 Å². The molecule has 0 aliphatic heterocycles. The Balaban J connectivity index is 1.83. The first-order chi connectivity index (χ1) is 13.9. The van der Waals surface area contributed by atoms with Crippen LogP contribution in [0.4, 0.5) is 0 Å². The van der Waals surface area contributed by atoms with Crippen LogP contribution in [0.3, 0.4) is 0 Å². The molecule has 4 heteroatoms. The largest absolute Gasteiger partial charge is 0.488 e. The predicted molar refractivity (Wildman–Crippen MR) is 121 cm³/mol. The average Bonchev–Trinajstić information content (AvgIpc) is 2.68. The number of fused-ring (bicyclic) bond motifs is 1. The Morgan fingerprint density at radius 2 is 1.83 bits per heavy atom. The van der Waals surface area contributed by atoms with Crippen LogP contribution in [0.2, 0.25) is 5.02 Å². The van der Waals surface area contributed by atoms with E-state index < -0.39 is 5.63 Å². The van der Waals surface area contributed by atoms with Gasteiger partial charge in [-0.1, -0.05) is 59.2 Å². The summed E-state index contributed by atoms with van der Waals surface area (Å²) >= 11 is 6.46. The third-order valence-corrected chi connectivity index (χ3v) is 4.94. The van der Waals surface area contributed by atoms with Crippen molar-refractivity contribution < 1.29 is 9.15 Å². The van der Waals surface area contributed by atoms with Gasteiger partial charge in [0.05, 0.1) is 5.02 Å². The van der Waals surface area contributed by atoms with E-state index in [1.165, 1.54) is 17.2 Å². The summed E-state index contributed by atoms with van der Waals surface area (Å²) in [5, 5.41) is 1.26. The minimum Gasteiger partial charge on any atom is -0.488 e. The lowest BCUT2D eigenvalue weighted by Crippen LogP contribution is -2.00. The second kappa shape index (κ2) is 9.62. The maximum Gasteiger partial charge on any atom is 0.336 e. The normalized spacial score (nSPS) is 11.5. The first-order valence-corrected chi connectivity index (χ1v) is 10.1. The molecule has 1 heterocycles. The van der Waals surface area contributed by atoms with E-state index in [2.05, 4.69) is 32.9 Å². The van der Waals surface area contributed by atoms with Crippen LogP contribution >= 0.6 is 11.6 Å². The number of hydrogen-bond donors (Lipinski definition) is 0. The van der Waals surface area contributed by atoms with Crippen LogP contribution in [0.15, 0.2) is 81.0 Å². The van der Waals surface area contributed by atoms with Crippen molar-refractivity contribution in [2.45, 2.75) is 33.6 Å². The highest BCUT2D eigenvalue weighted by atomic mass is 35.5. The number of rotatable bonds is 7. The summed E-state index contributed by atoms with van der Waals surface area (Å²) in [6, 6.07) is 14.7. The van der Waals surface area contributed by atoms with Crippen molar-refractivity contribution >= 4 is 22.6 Å². The summed E-state index contributed by atoms with van der Waals surface area (Å²) in [7, 11) is 0. The maximum atomic E-state index is 12.1. The minimum atomic E-state index is -0.403. The van der Waals surface area contributed by atoms with Gasteiger partial charge in [0, 0.05) is 17.5 Å². The third-order valence-electron chi connectivity index (χ3n) is 4.64. The van der Waals surface area contributed by atoms with Crippen molar-refractivity contribution in [3.8, 4) is 16.9 Å². The summed E-state index contributed by atoms with van der Waals surface area (Å²) in [5.41, 5.74) is 4.37. The van der Waals surface area contributed by atoms with E-state index in [4.69, 9.17) is 20.8 Å². The fourth-order valence-electron chi connectivity index (χ4n) is 3.09. The van der Waals surface area contributed by atoms with Crippen molar-refractivity contribution in [1.29, 1.82) is 0 Å². The minimum absolute atomic E-state index is 0.403. The molecule has 0 radical (unpaired) electrons. The van der Waals surface area contributed by atoms with Crippen LogP contribution in [0, 0.1) is 0 Å². The highest BCUT2D eigenvalue weighted by Gasteiger charge is 2.12. The van der Waals surface area contributed by atoms with Crippen LogP contribution in [0.1, 0.15) is 33.6 Å². The molecule has 2 aromatic carbocycles. The van der Waals surface area contributed by atoms with Crippen molar-refractivity contribution in [2.75, 3.05) is 6.61 Å². The number of halogens is 1. The Kier molecular flexibility index (Phi) is 6.95. The molecule has 0 unspecified atom stereocenters. The Morgan fingerprint density at radius 3 is 2.55 bits per heavy atom. The highest BCUT2D eigenvalue weighted by Crippen LogP contribution is 2.34. The van der Waals surface area contributed by atoms with Gasteiger partial charge < -0.3 is 9.15 Å². The summed E-state index contributed by atoms with van der Waals surface area (Å²) in [6.45, 7) is 6.71. The molecule has 0 amide bonds. The van der Waals surface area contributed by atoms with Gasteiger partial charge in [-0.2, -0.15) is 0 Å². The molecule has 29 heavy (non-hydrogen) atoms. The quantitative estimate of drug-likeness (QED) is 0.307. The zero-order valence-corrected chi connectivity index (χ0v) is 17.8. The third kappa shape index (κ3) is 5.61. The smallest absolute Gasteiger partial charge is 0.336 e. The molecule has 3 nitrogen and oxygen atoms in total. The van der Waals surface area contributed by atoms with Crippen LogP contribution in [0.25, 0.3) is 22.1 Å². The SMILES string of the molecule is CC(C)=CCC/C(C)=C\COc1cc2oc(=O)cc(-c3ccccc3)c2cc1Cl. The van der Waals surface area contributed by atoms with E-state index in [1.807, 2.05) is 30.3 Å². The molecule has 0 spiro atoms. The lowest BCUT2D eigenvalue weighted by molar-refractivity contribution is 0.361. The van der Waals surface area contributed by atoms with Gasteiger partial charge in [0.1, 0.15) is 17.9 Å². The first kappa shape index (κ1) is 20.9. The zero-order valence-electron chi connectivity index (χ0n) is 17.0. The number of allylic oxidation sites excluding steroid dienone is 3. The summed E-state index contributed by atoms with van der Waals surface area (Å²) in [4.78, 5) is 12.1. The lowest BCUT2D eigenvalue weighted by atomic mass is 10.0. The summed E-state index contributed by atoms with van der Waals surface area (Å²) < 4.78 is 11.2. The van der Waals surface area contributed by atoms with Crippen LogP contribution in [0.5, 0.6) is 5.75 Å². The van der Waals surface area contributed by atoms with Gasteiger partial charge in [-0.05, 0) is 56.9 Å². The van der Waals surface area contributed by atoms with Crippen LogP contribution < -0.4 is 10.4 Å². The van der Waals surface area contributed by atoms with E-state index in [9.17, 15) is 4.79 Å². The fraction of sp³-hybridized carbons (Fsp3) is 0.240. The molecule has 0 aliphatic carbocycles. The van der Waals surface area contributed by atoms with E-state index in [1.54, 1.807) is 12.1 Å². The lowest BCUT2D eigenvalue weighted by Gasteiger charge is -2.10. The van der Waals surface area contributed by atoms with Crippen molar-refractivity contribution in [2.24, 2.45) is 0 Å².